The van der Waals surface area contributed by atoms with Gasteiger partial charge in [0.15, 0.2) is 11.5 Å². The smallest absolute Gasteiger partial charge is 0.246 e. The number of methoxy groups -OCH3 is 1. The second-order valence-electron chi connectivity index (χ2n) is 7.47. The van der Waals surface area contributed by atoms with Gasteiger partial charge in [-0.05, 0) is 62.2 Å². The Hall–Kier alpha value is -3.61. The van der Waals surface area contributed by atoms with Gasteiger partial charge in [-0.25, -0.2) is 9.67 Å². The van der Waals surface area contributed by atoms with E-state index < -0.39 is 0 Å². The van der Waals surface area contributed by atoms with E-state index in [-0.39, 0.29) is 18.1 Å². The maximum Gasteiger partial charge on any atom is 0.246 e. The van der Waals surface area contributed by atoms with Gasteiger partial charge in [0.25, 0.3) is 0 Å². The summed E-state index contributed by atoms with van der Waals surface area (Å²) in [6.45, 7) is 5.92. The largest absolute Gasteiger partial charge is 0.493 e. The molecule has 7 heteroatoms. The van der Waals surface area contributed by atoms with Gasteiger partial charge in [-0.2, -0.15) is 5.10 Å². The minimum absolute atomic E-state index is 0.0530. The SMILES string of the molecule is COc1cc(/C=C/C(=O)N(C)C(C)c2ccc(-n3cncn3)cc2)ccc1OC(C)C. The van der Waals surface area contributed by atoms with Crippen LogP contribution in [0.5, 0.6) is 11.5 Å². The van der Waals surface area contributed by atoms with Crippen LogP contribution in [0.15, 0.2) is 61.2 Å². The van der Waals surface area contributed by atoms with Crippen molar-refractivity contribution in [1.29, 1.82) is 0 Å². The molecule has 3 aromatic rings. The average Bonchev–Trinajstić information content (AvgIpc) is 3.32. The number of carbonyl (C=O) groups is 1. The van der Waals surface area contributed by atoms with Gasteiger partial charge < -0.3 is 14.4 Å². The summed E-state index contributed by atoms with van der Waals surface area (Å²) in [7, 11) is 3.40. The van der Waals surface area contributed by atoms with Gasteiger partial charge in [0.05, 0.1) is 24.9 Å². The summed E-state index contributed by atoms with van der Waals surface area (Å²) in [6.07, 6.45) is 6.54. The molecule has 0 aliphatic heterocycles. The number of ether oxygens (including phenoxy) is 2. The monoisotopic (exact) mass is 420 g/mol. The molecule has 0 aliphatic rings. The van der Waals surface area contributed by atoms with E-state index in [4.69, 9.17) is 9.47 Å². The molecule has 1 amide bonds. The zero-order valence-corrected chi connectivity index (χ0v) is 18.5. The topological polar surface area (TPSA) is 69.5 Å². The number of nitrogens with zero attached hydrogens (tertiary/aromatic N) is 4. The molecule has 0 fully saturated rings. The van der Waals surface area contributed by atoms with Crippen molar-refractivity contribution in [2.45, 2.75) is 32.9 Å². The Morgan fingerprint density at radius 1 is 1.10 bits per heavy atom. The quantitative estimate of drug-likeness (QED) is 0.508. The lowest BCUT2D eigenvalue weighted by atomic mass is 10.1. The van der Waals surface area contributed by atoms with Crippen LogP contribution >= 0.6 is 0 Å². The third-order valence-corrected chi connectivity index (χ3v) is 4.96. The van der Waals surface area contributed by atoms with Crippen LogP contribution in [0.2, 0.25) is 0 Å². The minimum atomic E-state index is -0.0886. The van der Waals surface area contributed by atoms with Gasteiger partial charge in [0, 0.05) is 13.1 Å². The van der Waals surface area contributed by atoms with Crippen LogP contribution in [0.3, 0.4) is 0 Å². The number of rotatable bonds is 8. The maximum atomic E-state index is 12.7. The fraction of sp³-hybridized carbons (Fsp3) is 0.292. The molecular weight excluding hydrogens is 392 g/mol. The average molecular weight is 421 g/mol. The van der Waals surface area contributed by atoms with Crippen LogP contribution in [0, 0.1) is 0 Å². The van der Waals surface area contributed by atoms with E-state index in [2.05, 4.69) is 10.1 Å². The summed E-state index contributed by atoms with van der Waals surface area (Å²) in [6, 6.07) is 13.4. The van der Waals surface area contributed by atoms with Crippen LogP contribution in [0.4, 0.5) is 0 Å². The standard InChI is InChI=1S/C24H28N4O3/c1-17(2)31-22-12-6-19(14-23(22)30-5)7-13-24(29)27(4)18(3)20-8-10-21(11-9-20)28-16-25-15-26-28/h6-18H,1-5H3/b13-7+. The van der Waals surface area contributed by atoms with Crippen molar-refractivity contribution in [2.75, 3.05) is 14.2 Å². The fourth-order valence-electron chi connectivity index (χ4n) is 3.09. The second kappa shape index (κ2) is 9.93. The highest BCUT2D eigenvalue weighted by molar-refractivity contribution is 5.92. The second-order valence-corrected chi connectivity index (χ2v) is 7.47. The molecular formula is C24H28N4O3. The molecule has 0 aliphatic carbocycles. The Kier molecular flexibility index (Phi) is 7.07. The zero-order valence-electron chi connectivity index (χ0n) is 18.5. The number of aromatic nitrogens is 3. The molecule has 2 aromatic carbocycles. The number of hydrogen-bond donors (Lipinski definition) is 0. The maximum absolute atomic E-state index is 12.7. The van der Waals surface area contributed by atoms with Gasteiger partial charge in [-0.3, -0.25) is 4.79 Å². The predicted molar refractivity (Wildman–Crippen MR) is 120 cm³/mol. The summed E-state index contributed by atoms with van der Waals surface area (Å²) in [5.74, 6) is 1.23. The minimum Gasteiger partial charge on any atom is -0.493 e. The molecule has 7 nitrogen and oxygen atoms in total. The van der Waals surface area contributed by atoms with Crippen LogP contribution in [-0.2, 0) is 4.79 Å². The molecule has 0 radical (unpaired) electrons. The lowest BCUT2D eigenvalue weighted by Crippen LogP contribution is -2.27. The molecule has 162 valence electrons. The Balaban J connectivity index is 1.67. The Labute approximate surface area is 182 Å². The number of hydrogen-bond acceptors (Lipinski definition) is 5. The van der Waals surface area contributed by atoms with Crippen LogP contribution in [0.1, 0.15) is 37.9 Å². The zero-order chi connectivity index (χ0) is 22.4. The van der Waals surface area contributed by atoms with E-state index in [1.165, 1.54) is 6.33 Å². The molecule has 0 saturated heterocycles. The highest BCUT2D eigenvalue weighted by Crippen LogP contribution is 2.29. The highest BCUT2D eigenvalue weighted by atomic mass is 16.5. The molecule has 3 rings (SSSR count). The fourth-order valence-corrected chi connectivity index (χ4v) is 3.09. The molecule has 1 unspecified atom stereocenters. The predicted octanol–water partition coefficient (Wildman–Crippen LogP) is 4.30. The molecule has 1 aromatic heterocycles. The third-order valence-electron chi connectivity index (χ3n) is 4.96. The van der Waals surface area contributed by atoms with Crippen molar-refractivity contribution in [3.05, 3.63) is 72.3 Å². The Morgan fingerprint density at radius 2 is 1.84 bits per heavy atom. The third kappa shape index (κ3) is 5.51. The Bertz CT molecular complexity index is 1030. The van der Waals surface area contributed by atoms with Crippen LogP contribution in [0.25, 0.3) is 11.8 Å². The molecule has 1 heterocycles. The Morgan fingerprint density at radius 3 is 2.45 bits per heavy atom. The van der Waals surface area contributed by atoms with Crippen LogP contribution in [-0.4, -0.2) is 45.8 Å². The van der Waals surface area contributed by atoms with Gasteiger partial charge in [-0.15, -0.1) is 0 Å². The summed E-state index contributed by atoms with van der Waals surface area (Å²) >= 11 is 0. The van der Waals surface area contributed by atoms with Gasteiger partial charge in [0.2, 0.25) is 5.91 Å². The number of carbonyl (C=O) groups excluding carboxylic acids is 1. The van der Waals surface area contributed by atoms with E-state index in [1.807, 2.05) is 63.2 Å². The van der Waals surface area contributed by atoms with Gasteiger partial charge in [-0.1, -0.05) is 18.2 Å². The first-order valence-corrected chi connectivity index (χ1v) is 10.1. The lowest BCUT2D eigenvalue weighted by Gasteiger charge is -2.24. The summed E-state index contributed by atoms with van der Waals surface area (Å²) in [5.41, 5.74) is 2.81. The summed E-state index contributed by atoms with van der Waals surface area (Å²) < 4.78 is 12.8. The highest BCUT2D eigenvalue weighted by Gasteiger charge is 2.16. The van der Waals surface area contributed by atoms with Crippen molar-refractivity contribution in [1.82, 2.24) is 19.7 Å². The van der Waals surface area contributed by atoms with Crippen molar-refractivity contribution in [3.8, 4) is 17.2 Å². The van der Waals surface area contributed by atoms with E-state index in [9.17, 15) is 4.79 Å². The number of amides is 1. The van der Waals surface area contributed by atoms with E-state index in [0.717, 1.165) is 16.8 Å². The molecule has 1 atom stereocenters. The van der Waals surface area contributed by atoms with Gasteiger partial charge in [0.1, 0.15) is 12.7 Å². The van der Waals surface area contributed by atoms with Gasteiger partial charge >= 0.3 is 0 Å². The van der Waals surface area contributed by atoms with E-state index >= 15 is 0 Å². The van der Waals surface area contributed by atoms with Crippen molar-refractivity contribution < 1.29 is 14.3 Å². The summed E-state index contributed by atoms with van der Waals surface area (Å²) in [5, 5.41) is 4.12. The first-order chi connectivity index (χ1) is 14.9. The first-order valence-electron chi connectivity index (χ1n) is 10.1. The lowest BCUT2D eigenvalue weighted by molar-refractivity contribution is -0.126. The number of benzene rings is 2. The van der Waals surface area contributed by atoms with Crippen molar-refractivity contribution in [2.24, 2.45) is 0 Å². The molecule has 0 spiro atoms. The van der Waals surface area contributed by atoms with E-state index in [1.54, 1.807) is 42.2 Å². The summed E-state index contributed by atoms with van der Waals surface area (Å²) in [4.78, 5) is 18.4. The molecule has 31 heavy (non-hydrogen) atoms. The van der Waals surface area contributed by atoms with Crippen molar-refractivity contribution in [3.63, 3.8) is 0 Å². The normalized spacial score (nSPS) is 12.2. The van der Waals surface area contributed by atoms with Crippen LogP contribution < -0.4 is 9.47 Å². The molecule has 0 saturated carbocycles. The van der Waals surface area contributed by atoms with Crippen molar-refractivity contribution >= 4 is 12.0 Å². The first kappa shape index (κ1) is 22.1. The van der Waals surface area contributed by atoms with E-state index in [0.29, 0.717) is 11.5 Å². The number of likely N-dealkylation sites (N-methyl/N-ethyl adjacent to an activating group) is 1. The molecule has 0 N–H and O–H groups in total. The molecule has 0 bridgehead atoms.